The van der Waals surface area contributed by atoms with Gasteiger partial charge >= 0.3 is 0 Å². The molecule has 1 amide bonds. The highest BCUT2D eigenvalue weighted by molar-refractivity contribution is 9.10. The Bertz CT molecular complexity index is 568. The highest BCUT2D eigenvalue weighted by Gasteiger charge is 2.32. The van der Waals surface area contributed by atoms with Gasteiger partial charge in [0.25, 0.3) is 11.6 Å². The number of amides is 1. The van der Waals surface area contributed by atoms with Crippen LogP contribution < -0.4 is 0 Å². The first-order valence-electron chi connectivity index (χ1n) is 7.28. The van der Waals surface area contributed by atoms with Gasteiger partial charge in [-0.25, -0.2) is 0 Å². The molecule has 0 unspecified atom stereocenters. The molecule has 0 atom stereocenters. The summed E-state index contributed by atoms with van der Waals surface area (Å²) in [7, 11) is 0. The summed E-state index contributed by atoms with van der Waals surface area (Å²) < 4.78 is 0.403. The van der Waals surface area contributed by atoms with Gasteiger partial charge in [0.05, 0.1) is 9.40 Å². The van der Waals surface area contributed by atoms with Gasteiger partial charge in [0.1, 0.15) is 0 Å². The van der Waals surface area contributed by atoms with Crippen LogP contribution >= 0.6 is 15.9 Å². The van der Waals surface area contributed by atoms with Crippen molar-refractivity contribution in [2.75, 3.05) is 13.1 Å². The minimum atomic E-state index is -0.465. The molecule has 0 aliphatic heterocycles. The first kappa shape index (κ1) is 14.5. The molecule has 0 spiro atoms. The van der Waals surface area contributed by atoms with Gasteiger partial charge in [0.2, 0.25) is 0 Å². The third kappa shape index (κ3) is 3.61. The van der Waals surface area contributed by atoms with Crippen molar-refractivity contribution < 1.29 is 9.72 Å². The highest BCUT2D eigenvalue weighted by Crippen LogP contribution is 2.34. The van der Waals surface area contributed by atoms with E-state index in [1.54, 1.807) is 12.1 Å². The number of nitrogens with zero attached hydrogens (tertiary/aromatic N) is 2. The van der Waals surface area contributed by atoms with Crippen LogP contribution in [0.5, 0.6) is 0 Å². The molecule has 0 N–H and O–H groups in total. The van der Waals surface area contributed by atoms with Crippen LogP contribution in [0.4, 0.5) is 5.69 Å². The van der Waals surface area contributed by atoms with Gasteiger partial charge in [-0.2, -0.15) is 0 Å². The predicted molar refractivity (Wildman–Crippen MR) is 82.1 cm³/mol. The lowest BCUT2D eigenvalue weighted by Crippen LogP contribution is -2.34. The van der Waals surface area contributed by atoms with Crippen molar-refractivity contribution in [2.45, 2.75) is 25.7 Å². The fraction of sp³-hybridized carbons (Fsp3) is 0.533. The zero-order valence-electron chi connectivity index (χ0n) is 11.6. The summed E-state index contributed by atoms with van der Waals surface area (Å²) >= 11 is 3.15. The molecule has 112 valence electrons. The van der Waals surface area contributed by atoms with E-state index in [4.69, 9.17) is 0 Å². The molecule has 6 heteroatoms. The molecule has 21 heavy (non-hydrogen) atoms. The standard InChI is InChI=1S/C15H17BrN2O3/c16-13-6-5-12(7-14(13)18(20)21)15(19)17(8-10-1-2-10)9-11-3-4-11/h5-7,10-11H,1-4,8-9H2. The second kappa shape index (κ2) is 5.75. The fourth-order valence-electron chi connectivity index (χ4n) is 2.43. The second-order valence-corrected chi connectivity index (χ2v) is 6.87. The molecular formula is C15H17BrN2O3. The molecule has 0 radical (unpaired) electrons. The van der Waals surface area contributed by atoms with Crippen LogP contribution in [0.25, 0.3) is 0 Å². The lowest BCUT2D eigenvalue weighted by molar-refractivity contribution is -0.385. The first-order chi connectivity index (χ1) is 10.0. The minimum Gasteiger partial charge on any atom is -0.338 e. The summed E-state index contributed by atoms with van der Waals surface area (Å²) in [5, 5.41) is 11.0. The molecular weight excluding hydrogens is 336 g/mol. The summed E-state index contributed by atoms with van der Waals surface area (Å²) in [6, 6.07) is 4.61. The molecule has 5 nitrogen and oxygen atoms in total. The van der Waals surface area contributed by atoms with Crippen LogP contribution in [-0.2, 0) is 0 Å². The Kier molecular flexibility index (Phi) is 3.97. The van der Waals surface area contributed by atoms with Crippen LogP contribution in [0.2, 0.25) is 0 Å². The number of hydrogen-bond acceptors (Lipinski definition) is 3. The van der Waals surface area contributed by atoms with Gasteiger partial charge < -0.3 is 4.90 Å². The zero-order chi connectivity index (χ0) is 15.0. The van der Waals surface area contributed by atoms with Crippen molar-refractivity contribution in [3.05, 3.63) is 38.3 Å². The van der Waals surface area contributed by atoms with Crippen molar-refractivity contribution in [2.24, 2.45) is 11.8 Å². The van der Waals surface area contributed by atoms with E-state index in [-0.39, 0.29) is 11.6 Å². The van der Waals surface area contributed by atoms with E-state index in [9.17, 15) is 14.9 Å². The fourth-order valence-corrected chi connectivity index (χ4v) is 2.82. The number of benzene rings is 1. The van der Waals surface area contributed by atoms with Crippen LogP contribution in [0.15, 0.2) is 22.7 Å². The van der Waals surface area contributed by atoms with Gasteiger partial charge in [-0.3, -0.25) is 14.9 Å². The molecule has 0 saturated heterocycles. The van der Waals surface area contributed by atoms with E-state index in [1.165, 1.54) is 31.7 Å². The number of nitro benzene ring substituents is 1. The van der Waals surface area contributed by atoms with Crippen molar-refractivity contribution in [1.82, 2.24) is 4.90 Å². The van der Waals surface area contributed by atoms with Gasteiger partial charge in [-0.15, -0.1) is 0 Å². The molecule has 0 aromatic heterocycles. The summed E-state index contributed by atoms with van der Waals surface area (Å²) in [6.45, 7) is 1.58. The molecule has 1 aromatic carbocycles. The molecule has 1 aromatic rings. The van der Waals surface area contributed by atoms with E-state index in [0.717, 1.165) is 13.1 Å². The number of halogens is 1. The van der Waals surface area contributed by atoms with E-state index in [2.05, 4.69) is 15.9 Å². The maximum atomic E-state index is 12.6. The van der Waals surface area contributed by atoms with Crippen LogP contribution in [0, 0.1) is 22.0 Å². The monoisotopic (exact) mass is 352 g/mol. The Labute approximate surface area is 131 Å². The minimum absolute atomic E-state index is 0.0568. The van der Waals surface area contributed by atoms with Gasteiger partial charge in [-0.05, 0) is 65.6 Å². The smallest absolute Gasteiger partial charge is 0.284 e. The Morgan fingerprint density at radius 3 is 2.29 bits per heavy atom. The molecule has 2 saturated carbocycles. The Morgan fingerprint density at radius 2 is 1.81 bits per heavy atom. The second-order valence-electron chi connectivity index (χ2n) is 6.02. The van der Waals surface area contributed by atoms with Gasteiger partial charge in [0, 0.05) is 24.7 Å². The summed E-state index contributed by atoms with van der Waals surface area (Å²) in [5.41, 5.74) is 0.352. The van der Waals surface area contributed by atoms with Crippen molar-refractivity contribution in [3.63, 3.8) is 0 Å². The number of rotatable bonds is 6. The van der Waals surface area contributed by atoms with Crippen LogP contribution in [-0.4, -0.2) is 28.8 Å². The number of carbonyl (C=O) groups is 1. The molecule has 0 heterocycles. The number of nitro groups is 1. The quantitative estimate of drug-likeness (QED) is 0.580. The first-order valence-corrected chi connectivity index (χ1v) is 8.07. The largest absolute Gasteiger partial charge is 0.338 e. The Hall–Kier alpha value is -1.43. The van der Waals surface area contributed by atoms with E-state index in [1.807, 2.05) is 4.90 Å². The zero-order valence-corrected chi connectivity index (χ0v) is 13.2. The molecule has 0 bridgehead atoms. The lowest BCUT2D eigenvalue weighted by Gasteiger charge is -2.22. The van der Waals surface area contributed by atoms with Crippen LogP contribution in [0.3, 0.4) is 0 Å². The molecule has 2 aliphatic carbocycles. The van der Waals surface area contributed by atoms with E-state index < -0.39 is 4.92 Å². The summed E-state index contributed by atoms with van der Waals surface area (Å²) in [6.07, 6.45) is 4.76. The number of carbonyl (C=O) groups excluding carboxylic acids is 1. The normalized spacial score (nSPS) is 17.6. The molecule has 2 fully saturated rings. The summed E-state index contributed by atoms with van der Waals surface area (Å²) in [5.74, 6) is 1.17. The maximum Gasteiger partial charge on any atom is 0.284 e. The Balaban J connectivity index is 1.80. The van der Waals surface area contributed by atoms with Gasteiger partial charge in [-0.1, -0.05) is 0 Å². The average molecular weight is 353 g/mol. The maximum absolute atomic E-state index is 12.6. The molecule has 2 aliphatic rings. The number of hydrogen-bond donors (Lipinski definition) is 0. The van der Waals surface area contributed by atoms with Crippen LogP contribution in [0.1, 0.15) is 36.0 Å². The topological polar surface area (TPSA) is 63.4 Å². The van der Waals surface area contributed by atoms with Crippen molar-refractivity contribution in [3.8, 4) is 0 Å². The van der Waals surface area contributed by atoms with Crippen molar-refractivity contribution >= 4 is 27.5 Å². The third-order valence-electron chi connectivity index (χ3n) is 4.03. The highest BCUT2D eigenvalue weighted by atomic mass is 79.9. The molecule has 3 rings (SSSR count). The SMILES string of the molecule is O=C(c1ccc(Br)c([N+](=O)[O-])c1)N(CC1CC1)CC1CC1. The third-order valence-corrected chi connectivity index (χ3v) is 4.70. The summed E-state index contributed by atoms with van der Waals surface area (Å²) in [4.78, 5) is 25.1. The van der Waals surface area contributed by atoms with E-state index >= 15 is 0 Å². The predicted octanol–water partition coefficient (Wildman–Crippen LogP) is 3.62. The average Bonchev–Trinajstić information content (AvgIpc) is 3.32. The Morgan fingerprint density at radius 1 is 1.24 bits per heavy atom. The van der Waals surface area contributed by atoms with E-state index in [0.29, 0.717) is 21.9 Å². The van der Waals surface area contributed by atoms with Gasteiger partial charge in [0.15, 0.2) is 0 Å². The van der Waals surface area contributed by atoms with Crippen molar-refractivity contribution in [1.29, 1.82) is 0 Å². The lowest BCUT2D eigenvalue weighted by atomic mass is 10.1.